The average molecular weight is 369 g/mol. The first-order valence-electron chi connectivity index (χ1n) is 7.14. The summed E-state index contributed by atoms with van der Waals surface area (Å²) in [5, 5.41) is 0. The zero-order valence-electron chi connectivity index (χ0n) is 12.7. The van der Waals surface area contributed by atoms with E-state index in [0.717, 1.165) is 36.5 Å². The summed E-state index contributed by atoms with van der Waals surface area (Å²) < 4.78 is 67.6. The Kier molecular flexibility index (Phi) is 4.31. The lowest BCUT2D eigenvalue weighted by molar-refractivity contribution is -0.274. The number of alkyl halides is 3. The third-order valence-corrected chi connectivity index (χ3v) is 3.58. The van der Waals surface area contributed by atoms with E-state index in [1.807, 2.05) is 0 Å². The van der Waals surface area contributed by atoms with Gasteiger partial charge in [-0.1, -0.05) is 0 Å². The summed E-state index contributed by atoms with van der Waals surface area (Å²) in [6.07, 6.45) is -3.45. The summed E-state index contributed by atoms with van der Waals surface area (Å²) in [5.74, 6) is -4.36. The van der Waals surface area contributed by atoms with E-state index in [1.54, 1.807) is 0 Å². The van der Waals surface area contributed by atoms with Crippen LogP contribution in [0.4, 0.5) is 22.0 Å². The summed E-state index contributed by atoms with van der Waals surface area (Å²) in [6, 6.07) is 3.64. The number of aromatic nitrogens is 1. The van der Waals surface area contributed by atoms with Crippen LogP contribution in [0.3, 0.4) is 0 Å². The minimum Gasteiger partial charge on any atom is -0.404 e. The van der Waals surface area contributed by atoms with E-state index in [9.17, 15) is 31.5 Å². The van der Waals surface area contributed by atoms with Crippen LogP contribution in [-0.4, -0.2) is 22.9 Å². The van der Waals surface area contributed by atoms with E-state index in [4.69, 9.17) is 0 Å². The molecule has 1 aromatic heterocycles. The zero-order valence-corrected chi connectivity index (χ0v) is 12.7. The number of allylic oxidation sites excluding steroid dienone is 2. The Morgan fingerprint density at radius 1 is 0.962 bits per heavy atom. The first kappa shape index (κ1) is 17.7. The van der Waals surface area contributed by atoms with Gasteiger partial charge in [0, 0.05) is 17.7 Å². The number of hydrogen-bond acceptors (Lipinski definition) is 4. The van der Waals surface area contributed by atoms with E-state index in [-0.39, 0.29) is 17.7 Å². The maximum Gasteiger partial charge on any atom is 0.573 e. The fourth-order valence-electron chi connectivity index (χ4n) is 2.51. The molecule has 1 heterocycles. The molecule has 3 rings (SSSR count). The van der Waals surface area contributed by atoms with Crippen molar-refractivity contribution in [3.05, 3.63) is 70.6 Å². The second-order valence-corrected chi connectivity index (χ2v) is 5.35. The highest BCUT2D eigenvalue weighted by atomic mass is 19.4. The molecule has 2 aromatic rings. The van der Waals surface area contributed by atoms with Crippen LogP contribution in [0, 0.1) is 11.6 Å². The fraction of sp³-hybridized carbons (Fsp3) is 0.118. The molecule has 0 bridgehead atoms. The minimum absolute atomic E-state index is 0.146. The zero-order chi connectivity index (χ0) is 19.1. The Bertz CT molecular complexity index is 933. The predicted molar refractivity (Wildman–Crippen MR) is 77.7 cm³/mol. The molecule has 0 amide bonds. The van der Waals surface area contributed by atoms with Gasteiger partial charge in [0.25, 0.3) is 0 Å². The number of ketones is 2. The molecule has 0 spiro atoms. The van der Waals surface area contributed by atoms with Crippen molar-refractivity contribution < 1.29 is 36.3 Å². The van der Waals surface area contributed by atoms with Crippen molar-refractivity contribution in [2.45, 2.75) is 12.8 Å². The molecule has 1 aromatic carbocycles. The van der Waals surface area contributed by atoms with Crippen LogP contribution in [0.25, 0.3) is 0 Å². The number of hydrogen-bond donors (Lipinski definition) is 0. The molecular weight excluding hydrogens is 361 g/mol. The van der Waals surface area contributed by atoms with Crippen molar-refractivity contribution in [1.82, 2.24) is 4.98 Å². The lowest BCUT2D eigenvalue weighted by Gasteiger charge is -2.16. The number of ether oxygens (including phenoxy) is 1. The fourth-order valence-corrected chi connectivity index (χ4v) is 2.51. The Balaban J connectivity index is 1.86. The van der Waals surface area contributed by atoms with Crippen LogP contribution in [0.2, 0.25) is 0 Å². The van der Waals surface area contributed by atoms with Crippen LogP contribution in [0.5, 0.6) is 5.75 Å². The summed E-state index contributed by atoms with van der Waals surface area (Å²) in [7, 11) is 0. The van der Waals surface area contributed by atoms with Crippen molar-refractivity contribution in [3.63, 3.8) is 0 Å². The SMILES string of the molecule is O=C1C=C(Cc2ccc(OC(F)(F)F)cn2)C(=O)c2c(F)ccc(F)c21. The van der Waals surface area contributed by atoms with Gasteiger partial charge >= 0.3 is 6.36 Å². The number of benzene rings is 1. The number of fused-ring (bicyclic) bond motifs is 1. The van der Waals surface area contributed by atoms with Crippen molar-refractivity contribution in [2.24, 2.45) is 0 Å². The first-order valence-corrected chi connectivity index (χ1v) is 7.14. The Morgan fingerprint density at radius 2 is 1.62 bits per heavy atom. The van der Waals surface area contributed by atoms with E-state index < -0.39 is 46.4 Å². The topological polar surface area (TPSA) is 56.3 Å². The third kappa shape index (κ3) is 3.46. The van der Waals surface area contributed by atoms with Crippen LogP contribution in [0.1, 0.15) is 26.4 Å². The van der Waals surface area contributed by atoms with Crippen molar-refractivity contribution >= 4 is 11.6 Å². The van der Waals surface area contributed by atoms with Crippen molar-refractivity contribution in [1.29, 1.82) is 0 Å². The number of pyridine rings is 1. The van der Waals surface area contributed by atoms with E-state index >= 15 is 0 Å². The summed E-state index contributed by atoms with van der Waals surface area (Å²) in [5.41, 5.74) is -1.30. The smallest absolute Gasteiger partial charge is 0.404 e. The van der Waals surface area contributed by atoms with Gasteiger partial charge in [0.05, 0.1) is 17.3 Å². The molecule has 4 nitrogen and oxygen atoms in total. The number of nitrogens with zero attached hydrogens (tertiary/aromatic N) is 1. The maximum absolute atomic E-state index is 13.9. The van der Waals surface area contributed by atoms with E-state index in [1.165, 1.54) is 0 Å². The van der Waals surface area contributed by atoms with Gasteiger partial charge in [0.1, 0.15) is 17.4 Å². The average Bonchev–Trinajstić information content (AvgIpc) is 2.55. The van der Waals surface area contributed by atoms with Gasteiger partial charge in [0.15, 0.2) is 11.6 Å². The molecule has 134 valence electrons. The highest BCUT2D eigenvalue weighted by Crippen LogP contribution is 2.28. The maximum atomic E-state index is 13.9. The summed E-state index contributed by atoms with van der Waals surface area (Å²) in [6.45, 7) is 0. The molecule has 0 saturated heterocycles. The lowest BCUT2D eigenvalue weighted by atomic mass is 9.87. The molecule has 9 heteroatoms. The van der Waals surface area contributed by atoms with Gasteiger partial charge in [-0.15, -0.1) is 13.2 Å². The van der Waals surface area contributed by atoms with Crippen LogP contribution < -0.4 is 4.74 Å². The first-order chi connectivity index (χ1) is 12.2. The molecule has 0 fully saturated rings. The van der Waals surface area contributed by atoms with Crippen LogP contribution in [-0.2, 0) is 6.42 Å². The van der Waals surface area contributed by atoms with Crippen molar-refractivity contribution in [2.75, 3.05) is 0 Å². The Labute approximate surface area is 142 Å². The normalized spacial score (nSPS) is 14.1. The van der Waals surface area contributed by atoms with Gasteiger partial charge in [-0.2, -0.15) is 0 Å². The quantitative estimate of drug-likeness (QED) is 0.773. The standard InChI is InChI=1S/C17H8F5NO3/c18-11-3-4-12(19)15-14(11)13(24)6-8(16(15)25)5-9-1-2-10(7-23-9)26-17(20,21)22/h1-4,6-7H,5H2. The minimum atomic E-state index is -4.87. The third-order valence-electron chi connectivity index (χ3n) is 3.58. The van der Waals surface area contributed by atoms with Gasteiger partial charge in [0.2, 0.25) is 0 Å². The monoisotopic (exact) mass is 369 g/mol. The van der Waals surface area contributed by atoms with Gasteiger partial charge in [-0.25, -0.2) is 8.78 Å². The summed E-state index contributed by atoms with van der Waals surface area (Å²) >= 11 is 0. The molecule has 1 aliphatic rings. The van der Waals surface area contributed by atoms with E-state index in [2.05, 4.69) is 9.72 Å². The second-order valence-electron chi connectivity index (χ2n) is 5.35. The lowest BCUT2D eigenvalue weighted by Crippen LogP contribution is -2.22. The molecule has 0 saturated carbocycles. The van der Waals surface area contributed by atoms with Crippen LogP contribution in [0.15, 0.2) is 42.1 Å². The molecule has 0 aliphatic heterocycles. The highest BCUT2D eigenvalue weighted by molar-refractivity contribution is 6.24. The van der Waals surface area contributed by atoms with E-state index in [0.29, 0.717) is 0 Å². The number of rotatable bonds is 3. The molecule has 0 N–H and O–H groups in total. The second kappa shape index (κ2) is 6.32. The molecule has 0 unspecified atom stereocenters. The Morgan fingerprint density at radius 3 is 2.19 bits per heavy atom. The number of Topliss-reactive ketones (excluding diaryl/α,β-unsaturated/α-hetero) is 1. The number of halogens is 5. The molecule has 0 atom stereocenters. The molecule has 26 heavy (non-hydrogen) atoms. The van der Waals surface area contributed by atoms with Gasteiger partial charge in [-0.3, -0.25) is 14.6 Å². The number of carbonyl (C=O) groups is 2. The predicted octanol–water partition coefficient (Wildman–Crippen LogP) is 3.81. The summed E-state index contributed by atoms with van der Waals surface area (Å²) in [4.78, 5) is 28.1. The molecule has 1 aliphatic carbocycles. The Hall–Kier alpha value is -3.10. The van der Waals surface area contributed by atoms with Gasteiger partial charge < -0.3 is 4.74 Å². The number of carbonyl (C=O) groups excluding carboxylic acids is 2. The van der Waals surface area contributed by atoms with Crippen molar-refractivity contribution in [3.8, 4) is 5.75 Å². The van der Waals surface area contributed by atoms with Gasteiger partial charge in [-0.05, 0) is 30.3 Å². The molecular formula is C17H8F5NO3. The van der Waals surface area contributed by atoms with Crippen LogP contribution >= 0.6 is 0 Å². The highest BCUT2D eigenvalue weighted by Gasteiger charge is 2.32. The molecule has 0 radical (unpaired) electrons. The largest absolute Gasteiger partial charge is 0.573 e.